The SMILES string of the molecule is COc1ccc(-c2[nH]ncc2CN2C[C@H]3C[C@@H](Nc4cnccn4)[C@H](O)C[C@H]3C2)cc1. The van der Waals surface area contributed by atoms with Crippen molar-refractivity contribution in [2.24, 2.45) is 11.8 Å². The first-order chi connectivity index (χ1) is 15.2. The molecule has 5 rings (SSSR count). The lowest BCUT2D eigenvalue weighted by atomic mass is 9.77. The van der Waals surface area contributed by atoms with Crippen LogP contribution in [0.15, 0.2) is 49.1 Å². The van der Waals surface area contributed by atoms with Gasteiger partial charge in [0.1, 0.15) is 11.6 Å². The van der Waals surface area contributed by atoms with Crippen molar-refractivity contribution in [3.63, 3.8) is 0 Å². The van der Waals surface area contributed by atoms with Crippen molar-refractivity contribution >= 4 is 5.82 Å². The van der Waals surface area contributed by atoms with Crippen LogP contribution in [0.1, 0.15) is 18.4 Å². The molecule has 0 radical (unpaired) electrons. The van der Waals surface area contributed by atoms with Crippen LogP contribution >= 0.6 is 0 Å². The molecule has 1 aromatic carbocycles. The molecule has 4 atom stereocenters. The number of ether oxygens (including phenoxy) is 1. The number of aliphatic hydroxyl groups excluding tert-OH is 1. The molecule has 1 aliphatic carbocycles. The smallest absolute Gasteiger partial charge is 0.144 e. The van der Waals surface area contributed by atoms with Gasteiger partial charge in [0.25, 0.3) is 0 Å². The van der Waals surface area contributed by atoms with Crippen molar-refractivity contribution in [2.75, 3.05) is 25.5 Å². The number of nitrogens with zero attached hydrogens (tertiary/aromatic N) is 4. The molecule has 0 bridgehead atoms. The molecule has 0 amide bonds. The third-order valence-corrected chi connectivity index (χ3v) is 6.60. The number of aliphatic hydroxyl groups is 1. The van der Waals surface area contributed by atoms with Crippen LogP contribution in [0, 0.1) is 11.8 Å². The van der Waals surface area contributed by atoms with Crippen LogP contribution in [0.25, 0.3) is 11.3 Å². The van der Waals surface area contributed by atoms with Gasteiger partial charge in [-0.3, -0.25) is 15.0 Å². The van der Waals surface area contributed by atoms with Crippen molar-refractivity contribution in [2.45, 2.75) is 31.5 Å². The number of fused-ring (bicyclic) bond motifs is 1. The second kappa shape index (κ2) is 8.64. The van der Waals surface area contributed by atoms with Gasteiger partial charge in [-0.1, -0.05) is 0 Å². The van der Waals surface area contributed by atoms with E-state index in [1.165, 1.54) is 5.56 Å². The summed E-state index contributed by atoms with van der Waals surface area (Å²) in [6.07, 6.45) is 8.35. The topological polar surface area (TPSA) is 99.2 Å². The van der Waals surface area contributed by atoms with E-state index in [4.69, 9.17) is 4.74 Å². The van der Waals surface area contributed by atoms with E-state index in [1.807, 2.05) is 18.3 Å². The number of anilines is 1. The Morgan fingerprint density at radius 1 is 1.13 bits per heavy atom. The van der Waals surface area contributed by atoms with Crippen molar-refractivity contribution < 1.29 is 9.84 Å². The minimum absolute atomic E-state index is 0.0154. The molecule has 0 unspecified atom stereocenters. The lowest BCUT2D eigenvalue weighted by Crippen LogP contribution is -2.43. The molecular weight excluding hydrogens is 392 g/mol. The third-order valence-electron chi connectivity index (χ3n) is 6.60. The fourth-order valence-corrected chi connectivity index (χ4v) is 5.05. The average Bonchev–Trinajstić information content (AvgIpc) is 3.41. The summed E-state index contributed by atoms with van der Waals surface area (Å²) in [5.41, 5.74) is 3.35. The van der Waals surface area contributed by atoms with Gasteiger partial charge in [-0.25, -0.2) is 4.98 Å². The van der Waals surface area contributed by atoms with Crippen molar-refractivity contribution in [3.05, 3.63) is 54.6 Å². The van der Waals surface area contributed by atoms with Gasteiger partial charge in [0.05, 0.1) is 37.3 Å². The Labute approximate surface area is 181 Å². The first-order valence-corrected chi connectivity index (χ1v) is 10.8. The van der Waals surface area contributed by atoms with E-state index in [2.05, 4.69) is 42.5 Å². The van der Waals surface area contributed by atoms with Crippen molar-refractivity contribution in [3.8, 4) is 17.0 Å². The fraction of sp³-hybridized carbons (Fsp3) is 0.435. The van der Waals surface area contributed by atoms with Gasteiger partial charge in [-0.05, 0) is 48.9 Å². The number of hydrogen-bond acceptors (Lipinski definition) is 7. The number of rotatable bonds is 6. The van der Waals surface area contributed by atoms with Crippen LogP contribution in [0.4, 0.5) is 5.82 Å². The first kappa shape index (κ1) is 20.0. The predicted octanol–water partition coefficient (Wildman–Crippen LogP) is 2.56. The zero-order valence-electron chi connectivity index (χ0n) is 17.6. The third kappa shape index (κ3) is 4.26. The Bertz CT molecular complexity index is 993. The zero-order chi connectivity index (χ0) is 21.2. The molecule has 1 aliphatic heterocycles. The molecule has 3 aromatic rings. The zero-order valence-corrected chi connectivity index (χ0v) is 17.6. The highest BCUT2D eigenvalue weighted by atomic mass is 16.5. The van der Waals surface area contributed by atoms with E-state index in [0.717, 1.165) is 55.3 Å². The fourth-order valence-electron chi connectivity index (χ4n) is 5.05. The number of aromatic amines is 1. The van der Waals surface area contributed by atoms with Gasteiger partial charge in [0, 0.05) is 43.2 Å². The Morgan fingerprint density at radius 2 is 1.94 bits per heavy atom. The summed E-state index contributed by atoms with van der Waals surface area (Å²) in [5.74, 6) is 2.65. The molecule has 0 spiro atoms. The van der Waals surface area contributed by atoms with Crippen molar-refractivity contribution in [1.29, 1.82) is 0 Å². The van der Waals surface area contributed by atoms with Gasteiger partial charge < -0.3 is 15.2 Å². The number of nitrogens with one attached hydrogen (secondary N) is 2. The highest BCUT2D eigenvalue weighted by Gasteiger charge is 2.41. The molecule has 2 fully saturated rings. The highest BCUT2D eigenvalue weighted by molar-refractivity contribution is 5.63. The van der Waals surface area contributed by atoms with Crippen LogP contribution in [-0.4, -0.2) is 62.5 Å². The molecule has 2 aliphatic rings. The van der Waals surface area contributed by atoms with Crippen LogP contribution in [-0.2, 0) is 6.54 Å². The Morgan fingerprint density at radius 3 is 2.68 bits per heavy atom. The molecule has 8 nitrogen and oxygen atoms in total. The summed E-state index contributed by atoms with van der Waals surface area (Å²) in [4.78, 5) is 10.9. The van der Waals surface area contributed by atoms with Crippen LogP contribution in [0.3, 0.4) is 0 Å². The molecular formula is C23H28N6O2. The maximum Gasteiger partial charge on any atom is 0.144 e. The minimum Gasteiger partial charge on any atom is -0.497 e. The predicted molar refractivity (Wildman–Crippen MR) is 118 cm³/mol. The summed E-state index contributed by atoms with van der Waals surface area (Å²) in [6, 6.07) is 8.06. The number of benzene rings is 1. The van der Waals surface area contributed by atoms with E-state index in [0.29, 0.717) is 11.8 Å². The molecule has 2 aromatic heterocycles. The van der Waals surface area contributed by atoms with Gasteiger partial charge in [-0.15, -0.1) is 0 Å². The molecule has 1 saturated heterocycles. The second-order valence-electron chi connectivity index (χ2n) is 8.59. The molecule has 162 valence electrons. The highest BCUT2D eigenvalue weighted by Crippen LogP contribution is 2.38. The van der Waals surface area contributed by atoms with E-state index in [-0.39, 0.29) is 12.1 Å². The van der Waals surface area contributed by atoms with Gasteiger partial charge in [-0.2, -0.15) is 5.10 Å². The molecule has 3 heterocycles. The van der Waals surface area contributed by atoms with Gasteiger partial charge in [0.15, 0.2) is 0 Å². The normalized spacial score (nSPS) is 25.9. The monoisotopic (exact) mass is 420 g/mol. The minimum atomic E-state index is -0.369. The number of likely N-dealkylation sites (tertiary alicyclic amines) is 1. The lowest BCUT2D eigenvalue weighted by molar-refractivity contribution is 0.0735. The van der Waals surface area contributed by atoms with Crippen LogP contribution in [0.5, 0.6) is 5.75 Å². The molecule has 1 saturated carbocycles. The lowest BCUT2D eigenvalue weighted by Gasteiger charge is -2.35. The van der Waals surface area contributed by atoms with E-state index in [1.54, 1.807) is 25.7 Å². The standard InChI is InChI=1S/C23H28N6O2/c1-31-19-4-2-15(3-5-19)23-18(10-26-28-23)14-29-12-16-8-20(21(30)9-17(16)13-29)27-22-11-24-6-7-25-22/h2-7,10-11,16-17,20-21,30H,8-9,12-14H2,1H3,(H,25,27)(H,26,28)/t16-,17+,20-,21-/m1/s1. The summed E-state index contributed by atoms with van der Waals surface area (Å²) < 4.78 is 5.27. The largest absolute Gasteiger partial charge is 0.497 e. The summed E-state index contributed by atoms with van der Waals surface area (Å²) in [6.45, 7) is 2.89. The summed E-state index contributed by atoms with van der Waals surface area (Å²) >= 11 is 0. The molecule has 3 N–H and O–H groups in total. The number of H-pyrrole nitrogens is 1. The van der Waals surface area contributed by atoms with Crippen LogP contribution in [0.2, 0.25) is 0 Å². The van der Waals surface area contributed by atoms with E-state index < -0.39 is 0 Å². The van der Waals surface area contributed by atoms with Gasteiger partial charge >= 0.3 is 0 Å². The molecule has 8 heteroatoms. The number of hydrogen-bond donors (Lipinski definition) is 3. The number of aromatic nitrogens is 4. The Kier molecular flexibility index (Phi) is 5.57. The molecule has 31 heavy (non-hydrogen) atoms. The van der Waals surface area contributed by atoms with E-state index in [9.17, 15) is 5.11 Å². The van der Waals surface area contributed by atoms with Crippen molar-refractivity contribution in [1.82, 2.24) is 25.1 Å². The van der Waals surface area contributed by atoms with E-state index >= 15 is 0 Å². The first-order valence-electron chi connectivity index (χ1n) is 10.8. The summed E-state index contributed by atoms with van der Waals surface area (Å²) in [5, 5.41) is 21.5. The number of methoxy groups -OCH3 is 1. The van der Waals surface area contributed by atoms with Gasteiger partial charge in [0.2, 0.25) is 0 Å². The second-order valence-corrected chi connectivity index (χ2v) is 8.59. The summed E-state index contributed by atoms with van der Waals surface area (Å²) in [7, 11) is 1.67. The average molecular weight is 421 g/mol. The maximum absolute atomic E-state index is 10.7. The maximum atomic E-state index is 10.7. The quantitative estimate of drug-likeness (QED) is 0.564. The Hall–Kier alpha value is -2.97. The Balaban J connectivity index is 1.24. The van der Waals surface area contributed by atoms with Crippen LogP contribution < -0.4 is 10.1 Å².